The number of aliphatic hydroxyl groups is 1. The van der Waals surface area contributed by atoms with Gasteiger partial charge in [-0.1, -0.05) is 24.6 Å². The van der Waals surface area contributed by atoms with Crippen molar-refractivity contribution in [2.24, 2.45) is 0 Å². The summed E-state index contributed by atoms with van der Waals surface area (Å²) >= 11 is 0. The van der Waals surface area contributed by atoms with Gasteiger partial charge in [0.2, 0.25) is 0 Å². The molecule has 1 atom stereocenters. The van der Waals surface area contributed by atoms with Gasteiger partial charge in [-0.2, -0.15) is 0 Å². The second-order valence-electron chi connectivity index (χ2n) is 7.09. The summed E-state index contributed by atoms with van der Waals surface area (Å²) in [5, 5.41) is 9.49. The number of aliphatic hydroxyl groups excluding tert-OH is 1. The van der Waals surface area contributed by atoms with Crippen molar-refractivity contribution < 1.29 is 5.11 Å². The van der Waals surface area contributed by atoms with Crippen molar-refractivity contribution in [2.75, 3.05) is 32.7 Å². The highest BCUT2D eigenvalue weighted by atomic mass is 16.3. The molecule has 122 valence electrons. The van der Waals surface area contributed by atoms with E-state index in [9.17, 15) is 5.11 Å². The number of hydrogen-bond acceptors (Lipinski definition) is 3. The van der Waals surface area contributed by atoms with Crippen molar-refractivity contribution in [2.45, 2.75) is 51.7 Å². The Morgan fingerprint density at radius 3 is 2.36 bits per heavy atom. The first kappa shape index (κ1) is 16.0. The van der Waals surface area contributed by atoms with Gasteiger partial charge in [-0.15, -0.1) is 0 Å². The minimum atomic E-state index is -0.212. The molecule has 0 spiro atoms. The van der Waals surface area contributed by atoms with Gasteiger partial charge in [0.05, 0.1) is 6.10 Å². The van der Waals surface area contributed by atoms with E-state index in [4.69, 9.17) is 0 Å². The fraction of sp³-hybridized carbons (Fsp3) is 0.684. The fourth-order valence-corrected chi connectivity index (χ4v) is 3.82. The lowest BCUT2D eigenvalue weighted by atomic mass is 10.00. The Bertz CT molecular complexity index is 478. The molecule has 0 aromatic heterocycles. The number of aryl methyl sites for hydroxylation is 2. The molecule has 0 bridgehead atoms. The predicted molar refractivity (Wildman–Crippen MR) is 91.1 cm³/mol. The number of benzene rings is 1. The highest BCUT2D eigenvalue weighted by molar-refractivity contribution is 5.33. The second-order valence-corrected chi connectivity index (χ2v) is 7.09. The molecule has 3 heteroatoms. The zero-order valence-corrected chi connectivity index (χ0v) is 13.9. The Kier molecular flexibility index (Phi) is 5.51. The van der Waals surface area contributed by atoms with Crippen LogP contribution >= 0.6 is 0 Å². The van der Waals surface area contributed by atoms with Gasteiger partial charge in [0.1, 0.15) is 0 Å². The van der Waals surface area contributed by atoms with E-state index in [1.807, 2.05) is 6.92 Å². The molecule has 1 saturated heterocycles. The third-order valence-corrected chi connectivity index (χ3v) is 5.06. The second kappa shape index (κ2) is 7.58. The van der Waals surface area contributed by atoms with Crippen LogP contribution in [0, 0.1) is 0 Å². The van der Waals surface area contributed by atoms with Gasteiger partial charge in [0, 0.05) is 39.3 Å². The Hall–Kier alpha value is -0.900. The molecule has 1 unspecified atom stereocenters. The van der Waals surface area contributed by atoms with Crippen LogP contribution in [-0.2, 0) is 19.4 Å². The summed E-state index contributed by atoms with van der Waals surface area (Å²) in [5.74, 6) is 0. The van der Waals surface area contributed by atoms with Crippen LogP contribution in [0.25, 0.3) is 0 Å². The monoisotopic (exact) mass is 302 g/mol. The molecule has 3 rings (SSSR count). The lowest BCUT2D eigenvalue weighted by Gasteiger charge is -2.35. The van der Waals surface area contributed by atoms with Gasteiger partial charge in [-0.05, 0) is 49.3 Å². The molecule has 1 fully saturated rings. The summed E-state index contributed by atoms with van der Waals surface area (Å²) < 4.78 is 0. The van der Waals surface area contributed by atoms with Crippen LogP contribution in [0.5, 0.6) is 0 Å². The van der Waals surface area contributed by atoms with Gasteiger partial charge in [-0.3, -0.25) is 9.80 Å². The van der Waals surface area contributed by atoms with Crippen LogP contribution in [-0.4, -0.2) is 53.7 Å². The van der Waals surface area contributed by atoms with Crippen LogP contribution < -0.4 is 0 Å². The third kappa shape index (κ3) is 4.31. The molecule has 0 saturated carbocycles. The standard InChI is InChI=1S/C19H30N2O/c1-16(22)14-20-9-11-21(12-10-20)15-17-7-8-18-5-3-2-4-6-19(18)13-17/h7-8,13,16,22H,2-6,9-12,14-15H2,1H3. The van der Waals surface area contributed by atoms with Crippen molar-refractivity contribution in [3.8, 4) is 0 Å². The van der Waals surface area contributed by atoms with E-state index in [1.54, 1.807) is 11.1 Å². The maximum absolute atomic E-state index is 9.49. The number of hydrogen-bond donors (Lipinski definition) is 1. The molecule has 22 heavy (non-hydrogen) atoms. The van der Waals surface area contributed by atoms with Gasteiger partial charge >= 0.3 is 0 Å². The molecule has 1 aliphatic carbocycles. The van der Waals surface area contributed by atoms with E-state index in [-0.39, 0.29) is 6.10 Å². The van der Waals surface area contributed by atoms with Crippen LogP contribution in [0.3, 0.4) is 0 Å². The first-order valence-electron chi connectivity index (χ1n) is 8.94. The first-order chi connectivity index (χ1) is 10.7. The SMILES string of the molecule is CC(O)CN1CCN(Cc2ccc3c(c2)CCCCC3)CC1. The molecule has 2 aliphatic rings. The molecule has 0 radical (unpaired) electrons. The summed E-state index contributed by atoms with van der Waals surface area (Å²) in [5.41, 5.74) is 4.66. The largest absolute Gasteiger partial charge is 0.392 e. The number of nitrogens with zero attached hydrogens (tertiary/aromatic N) is 2. The smallest absolute Gasteiger partial charge is 0.0639 e. The molecule has 0 amide bonds. The number of piperazine rings is 1. The van der Waals surface area contributed by atoms with Crippen molar-refractivity contribution >= 4 is 0 Å². The number of β-amino-alcohol motifs (C(OH)–C–C–N with tert-alkyl or cyclic N) is 1. The van der Waals surface area contributed by atoms with Crippen LogP contribution in [0.2, 0.25) is 0 Å². The number of rotatable bonds is 4. The van der Waals surface area contributed by atoms with Crippen molar-refractivity contribution in [1.29, 1.82) is 0 Å². The third-order valence-electron chi connectivity index (χ3n) is 5.06. The van der Waals surface area contributed by atoms with Crippen molar-refractivity contribution in [1.82, 2.24) is 9.80 Å². The zero-order valence-electron chi connectivity index (χ0n) is 13.9. The molecule has 1 aromatic rings. The minimum absolute atomic E-state index is 0.212. The molecular weight excluding hydrogens is 272 g/mol. The number of fused-ring (bicyclic) bond motifs is 1. The summed E-state index contributed by atoms with van der Waals surface area (Å²) in [7, 11) is 0. The summed E-state index contributed by atoms with van der Waals surface area (Å²) in [6, 6.07) is 7.18. The average Bonchev–Trinajstić information content (AvgIpc) is 2.73. The Labute approximate surface area is 134 Å². The van der Waals surface area contributed by atoms with Gasteiger partial charge in [0.15, 0.2) is 0 Å². The summed E-state index contributed by atoms with van der Waals surface area (Å²) in [6.07, 6.45) is 6.43. The molecule has 1 N–H and O–H groups in total. The van der Waals surface area contributed by atoms with E-state index < -0.39 is 0 Å². The highest BCUT2D eigenvalue weighted by Gasteiger charge is 2.18. The van der Waals surface area contributed by atoms with Crippen LogP contribution in [0.4, 0.5) is 0 Å². The quantitative estimate of drug-likeness (QED) is 0.866. The molecule has 1 aliphatic heterocycles. The van der Waals surface area contributed by atoms with E-state index in [0.29, 0.717) is 0 Å². The highest BCUT2D eigenvalue weighted by Crippen LogP contribution is 2.22. The molecular formula is C19H30N2O. The summed E-state index contributed by atoms with van der Waals surface area (Å²) in [4.78, 5) is 4.93. The van der Waals surface area contributed by atoms with E-state index >= 15 is 0 Å². The fourth-order valence-electron chi connectivity index (χ4n) is 3.82. The van der Waals surface area contributed by atoms with E-state index in [2.05, 4.69) is 28.0 Å². The Morgan fingerprint density at radius 1 is 0.955 bits per heavy atom. The van der Waals surface area contributed by atoms with E-state index in [1.165, 1.54) is 37.7 Å². The normalized spacial score (nSPS) is 22.1. The molecule has 1 heterocycles. The van der Waals surface area contributed by atoms with Crippen LogP contribution in [0.15, 0.2) is 18.2 Å². The van der Waals surface area contributed by atoms with Crippen molar-refractivity contribution in [3.05, 3.63) is 34.9 Å². The molecule has 3 nitrogen and oxygen atoms in total. The van der Waals surface area contributed by atoms with Crippen LogP contribution in [0.1, 0.15) is 42.9 Å². The lowest BCUT2D eigenvalue weighted by molar-refractivity contribution is 0.0781. The lowest BCUT2D eigenvalue weighted by Crippen LogP contribution is -2.47. The Balaban J connectivity index is 1.55. The van der Waals surface area contributed by atoms with Gasteiger partial charge in [-0.25, -0.2) is 0 Å². The summed E-state index contributed by atoms with van der Waals surface area (Å²) in [6.45, 7) is 8.16. The van der Waals surface area contributed by atoms with Crippen molar-refractivity contribution in [3.63, 3.8) is 0 Å². The maximum Gasteiger partial charge on any atom is 0.0639 e. The predicted octanol–water partition coefficient (Wildman–Crippen LogP) is 2.45. The minimum Gasteiger partial charge on any atom is -0.392 e. The zero-order chi connectivity index (χ0) is 15.4. The first-order valence-corrected chi connectivity index (χ1v) is 8.94. The maximum atomic E-state index is 9.49. The van der Waals surface area contributed by atoms with Gasteiger partial charge in [0.25, 0.3) is 0 Å². The van der Waals surface area contributed by atoms with Gasteiger partial charge < -0.3 is 5.11 Å². The average molecular weight is 302 g/mol. The van der Waals surface area contributed by atoms with E-state index in [0.717, 1.165) is 39.3 Å². The molecule has 1 aromatic carbocycles. The Morgan fingerprint density at radius 2 is 1.64 bits per heavy atom. The topological polar surface area (TPSA) is 26.7 Å².